The van der Waals surface area contributed by atoms with E-state index in [0.717, 1.165) is 0 Å². The molecule has 0 saturated heterocycles. The van der Waals surface area contributed by atoms with Crippen LogP contribution in [0.4, 0.5) is 5.95 Å². The topological polar surface area (TPSA) is 64.1 Å². The van der Waals surface area contributed by atoms with E-state index >= 15 is 0 Å². The van der Waals surface area contributed by atoms with Gasteiger partial charge in [0.1, 0.15) is 11.5 Å². The number of nitrogens with one attached hydrogen (secondary N) is 1. The number of anilines is 1. The smallest absolute Gasteiger partial charge is 0.258 e. The Kier molecular flexibility index (Phi) is 4.06. The minimum absolute atomic E-state index is 0.266. The van der Waals surface area contributed by atoms with Crippen LogP contribution in [0.15, 0.2) is 73.1 Å². The molecule has 1 aromatic heterocycles. The van der Waals surface area contributed by atoms with Gasteiger partial charge in [-0.1, -0.05) is 24.3 Å². The highest BCUT2D eigenvalue weighted by Gasteiger charge is 2.08. The molecule has 0 bridgehead atoms. The van der Waals surface area contributed by atoms with Crippen LogP contribution in [-0.4, -0.2) is 15.9 Å². The third-order valence-corrected chi connectivity index (χ3v) is 2.87. The van der Waals surface area contributed by atoms with Gasteiger partial charge in [-0.15, -0.1) is 0 Å². The maximum Gasteiger partial charge on any atom is 0.258 e. The standard InChI is InChI=1S/C17H13N3O2/c21-16(20-17-18-10-5-11-19-17)13-6-4-9-15(12-13)22-14-7-2-1-3-8-14/h1-12H,(H,18,19,20,21). The van der Waals surface area contributed by atoms with Crippen molar-refractivity contribution < 1.29 is 9.53 Å². The number of nitrogens with zero attached hydrogens (tertiary/aromatic N) is 2. The fraction of sp³-hybridized carbons (Fsp3) is 0. The fourth-order valence-electron chi connectivity index (χ4n) is 1.86. The van der Waals surface area contributed by atoms with Gasteiger partial charge in [-0.3, -0.25) is 10.1 Å². The molecule has 22 heavy (non-hydrogen) atoms. The maximum atomic E-state index is 12.2. The Bertz CT molecular complexity index is 761. The monoisotopic (exact) mass is 291 g/mol. The molecule has 0 atom stereocenters. The van der Waals surface area contributed by atoms with Crippen molar-refractivity contribution in [3.05, 3.63) is 78.6 Å². The number of rotatable bonds is 4. The number of aromatic nitrogens is 2. The van der Waals surface area contributed by atoms with Gasteiger partial charge in [0, 0.05) is 18.0 Å². The molecule has 1 N–H and O–H groups in total. The number of hydrogen-bond acceptors (Lipinski definition) is 4. The molecule has 3 aromatic rings. The Hall–Kier alpha value is -3.21. The van der Waals surface area contributed by atoms with Crippen molar-refractivity contribution in [1.82, 2.24) is 9.97 Å². The van der Waals surface area contributed by atoms with Crippen molar-refractivity contribution in [2.75, 3.05) is 5.32 Å². The van der Waals surface area contributed by atoms with E-state index < -0.39 is 0 Å². The van der Waals surface area contributed by atoms with Crippen LogP contribution in [-0.2, 0) is 0 Å². The molecule has 108 valence electrons. The summed E-state index contributed by atoms with van der Waals surface area (Å²) in [5, 5.41) is 2.63. The molecule has 0 aliphatic carbocycles. The van der Waals surface area contributed by atoms with Crippen molar-refractivity contribution >= 4 is 11.9 Å². The summed E-state index contributed by atoms with van der Waals surface area (Å²) in [6, 6.07) is 18.0. The molecule has 0 radical (unpaired) electrons. The zero-order chi connectivity index (χ0) is 15.2. The van der Waals surface area contributed by atoms with Gasteiger partial charge in [0.05, 0.1) is 0 Å². The lowest BCUT2D eigenvalue weighted by molar-refractivity contribution is 0.102. The summed E-state index contributed by atoms with van der Waals surface area (Å²) in [6.45, 7) is 0. The number of carbonyl (C=O) groups excluding carboxylic acids is 1. The van der Waals surface area contributed by atoms with Gasteiger partial charge in [-0.25, -0.2) is 9.97 Å². The Morgan fingerprint density at radius 1 is 0.864 bits per heavy atom. The molecule has 5 heteroatoms. The largest absolute Gasteiger partial charge is 0.457 e. The summed E-state index contributed by atoms with van der Waals surface area (Å²) in [7, 11) is 0. The summed E-state index contributed by atoms with van der Waals surface area (Å²) in [6.07, 6.45) is 3.13. The average Bonchev–Trinajstić information content (AvgIpc) is 2.57. The van der Waals surface area contributed by atoms with Crippen molar-refractivity contribution in [3.63, 3.8) is 0 Å². The number of benzene rings is 2. The van der Waals surface area contributed by atoms with Crippen molar-refractivity contribution in [2.45, 2.75) is 0 Å². The van der Waals surface area contributed by atoms with Crippen LogP contribution in [0.3, 0.4) is 0 Å². The normalized spacial score (nSPS) is 10.0. The predicted octanol–water partition coefficient (Wildman–Crippen LogP) is 3.52. The van der Waals surface area contributed by atoms with Gasteiger partial charge in [0.15, 0.2) is 0 Å². The van der Waals surface area contributed by atoms with E-state index in [1.54, 1.807) is 42.7 Å². The molecule has 0 saturated carbocycles. The molecule has 0 spiro atoms. The number of para-hydroxylation sites is 1. The Morgan fingerprint density at radius 2 is 1.59 bits per heavy atom. The zero-order valence-electron chi connectivity index (χ0n) is 11.6. The minimum atomic E-state index is -0.287. The van der Waals surface area contributed by atoms with Gasteiger partial charge in [0.2, 0.25) is 5.95 Å². The molecule has 1 amide bonds. The highest BCUT2D eigenvalue weighted by Crippen LogP contribution is 2.22. The average molecular weight is 291 g/mol. The highest BCUT2D eigenvalue weighted by atomic mass is 16.5. The lowest BCUT2D eigenvalue weighted by atomic mass is 10.2. The van der Waals surface area contributed by atoms with Crippen molar-refractivity contribution in [3.8, 4) is 11.5 Å². The quantitative estimate of drug-likeness (QED) is 0.798. The van der Waals surface area contributed by atoms with Crippen LogP contribution < -0.4 is 10.1 Å². The SMILES string of the molecule is O=C(Nc1ncccn1)c1cccc(Oc2ccccc2)c1. The summed E-state index contributed by atoms with van der Waals surface area (Å²) >= 11 is 0. The lowest BCUT2D eigenvalue weighted by Gasteiger charge is -2.07. The van der Waals surface area contributed by atoms with Crippen LogP contribution in [0, 0.1) is 0 Å². The van der Waals surface area contributed by atoms with E-state index in [2.05, 4.69) is 15.3 Å². The van der Waals surface area contributed by atoms with Gasteiger partial charge >= 0.3 is 0 Å². The Morgan fingerprint density at radius 3 is 2.36 bits per heavy atom. The molecular formula is C17H13N3O2. The third-order valence-electron chi connectivity index (χ3n) is 2.87. The van der Waals surface area contributed by atoms with Gasteiger partial charge in [0.25, 0.3) is 5.91 Å². The zero-order valence-corrected chi connectivity index (χ0v) is 11.6. The molecule has 3 rings (SSSR count). The maximum absolute atomic E-state index is 12.2. The van der Waals surface area contributed by atoms with E-state index in [-0.39, 0.29) is 11.9 Å². The Balaban J connectivity index is 1.75. The van der Waals surface area contributed by atoms with Crippen molar-refractivity contribution in [1.29, 1.82) is 0 Å². The second-order valence-corrected chi connectivity index (χ2v) is 4.47. The summed E-state index contributed by atoms with van der Waals surface area (Å²) in [4.78, 5) is 20.1. The fourth-order valence-corrected chi connectivity index (χ4v) is 1.86. The molecule has 0 fully saturated rings. The highest BCUT2D eigenvalue weighted by molar-refractivity contribution is 6.03. The van der Waals surface area contributed by atoms with Crippen LogP contribution in [0.5, 0.6) is 11.5 Å². The number of hydrogen-bond donors (Lipinski definition) is 1. The van der Waals surface area contributed by atoms with E-state index in [1.165, 1.54) is 0 Å². The molecule has 0 aliphatic rings. The second kappa shape index (κ2) is 6.49. The first-order chi connectivity index (χ1) is 10.8. The van der Waals surface area contributed by atoms with Gasteiger partial charge < -0.3 is 4.74 Å². The summed E-state index contributed by atoms with van der Waals surface area (Å²) in [5.74, 6) is 1.28. The van der Waals surface area contributed by atoms with Crippen LogP contribution in [0.2, 0.25) is 0 Å². The summed E-state index contributed by atoms with van der Waals surface area (Å²) in [5.41, 5.74) is 0.473. The molecule has 0 aliphatic heterocycles. The predicted molar refractivity (Wildman–Crippen MR) is 82.9 cm³/mol. The van der Waals surface area contributed by atoms with Crippen LogP contribution in [0.25, 0.3) is 0 Å². The molecule has 0 unspecified atom stereocenters. The van der Waals surface area contributed by atoms with E-state index in [9.17, 15) is 4.79 Å². The minimum Gasteiger partial charge on any atom is -0.457 e. The first kappa shape index (κ1) is 13.8. The third kappa shape index (κ3) is 3.46. The van der Waals surface area contributed by atoms with Crippen molar-refractivity contribution in [2.24, 2.45) is 0 Å². The Labute approximate surface area is 127 Å². The molecular weight excluding hydrogens is 278 g/mol. The van der Waals surface area contributed by atoms with Gasteiger partial charge in [-0.2, -0.15) is 0 Å². The van der Waals surface area contributed by atoms with E-state index in [4.69, 9.17) is 4.74 Å². The first-order valence-corrected chi connectivity index (χ1v) is 6.72. The van der Waals surface area contributed by atoms with Crippen LogP contribution >= 0.6 is 0 Å². The lowest BCUT2D eigenvalue weighted by Crippen LogP contribution is -2.13. The van der Waals surface area contributed by atoms with Gasteiger partial charge in [-0.05, 0) is 36.4 Å². The second-order valence-electron chi connectivity index (χ2n) is 4.47. The van der Waals surface area contributed by atoms with E-state index in [1.807, 2.05) is 30.3 Å². The molecule has 5 nitrogen and oxygen atoms in total. The number of ether oxygens (including phenoxy) is 1. The number of carbonyl (C=O) groups is 1. The van der Waals surface area contributed by atoms with Crippen LogP contribution in [0.1, 0.15) is 10.4 Å². The first-order valence-electron chi connectivity index (χ1n) is 6.72. The summed E-state index contributed by atoms with van der Waals surface area (Å²) < 4.78 is 5.71. The van der Waals surface area contributed by atoms with E-state index in [0.29, 0.717) is 17.1 Å². The molecule has 2 aromatic carbocycles. The number of amides is 1. The molecule has 1 heterocycles.